The van der Waals surface area contributed by atoms with Crippen LogP contribution in [0.5, 0.6) is 0 Å². The molecule has 1 aliphatic rings. The highest BCUT2D eigenvalue weighted by molar-refractivity contribution is 5.48. The first-order valence-corrected chi connectivity index (χ1v) is 3.88. The molecule has 1 heterocycles. The monoisotopic (exact) mass is 161 g/mol. The average Bonchev–Trinajstić information content (AvgIpc) is 2.54. The van der Waals surface area contributed by atoms with Crippen molar-refractivity contribution in [2.75, 3.05) is 12.1 Å². The van der Waals surface area contributed by atoms with Crippen LogP contribution < -0.4 is 10.5 Å². The van der Waals surface area contributed by atoms with Crippen molar-refractivity contribution in [3.05, 3.63) is 42.7 Å². The maximum atomic E-state index is 3.13. The summed E-state index contributed by atoms with van der Waals surface area (Å²) >= 11 is 0. The summed E-state index contributed by atoms with van der Waals surface area (Å²) in [5.41, 5.74) is 4.26. The summed E-state index contributed by atoms with van der Waals surface area (Å²) in [4.78, 5) is 0. The largest absolute Gasteiger partial charge is 0.299 e. The molecule has 0 spiro atoms. The minimum atomic E-state index is 1.14. The second kappa shape index (κ2) is 2.87. The third kappa shape index (κ3) is 1.26. The van der Waals surface area contributed by atoms with Gasteiger partial charge in [-0.15, -0.1) is 5.53 Å². The molecular formula is C9H11N3. The molecular weight excluding hydrogens is 150 g/mol. The highest BCUT2D eigenvalue weighted by Crippen LogP contribution is 2.13. The van der Waals surface area contributed by atoms with E-state index in [9.17, 15) is 0 Å². The quantitative estimate of drug-likeness (QED) is 0.670. The molecule has 1 aromatic carbocycles. The van der Waals surface area contributed by atoms with E-state index in [0.29, 0.717) is 0 Å². The van der Waals surface area contributed by atoms with Crippen molar-refractivity contribution in [3.63, 3.8) is 0 Å². The van der Waals surface area contributed by atoms with Gasteiger partial charge in [0.2, 0.25) is 0 Å². The molecule has 2 rings (SSSR count). The van der Waals surface area contributed by atoms with Crippen molar-refractivity contribution in [1.82, 2.24) is 10.5 Å². The zero-order chi connectivity index (χ0) is 8.39. The lowest BCUT2D eigenvalue weighted by Gasteiger charge is -2.18. The molecule has 1 aliphatic heterocycles. The Labute approximate surface area is 71.8 Å². The van der Waals surface area contributed by atoms with E-state index >= 15 is 0 Å². The first-order valence-electron chi connectivity index (χ1n) is 3.88. The molecule has 0 aliphatic carbocycles. The molecule has 0 radical (unpaired) electrons. The Morgan fingerprint density at radius 3 is 2.42 bits per heavy atom. The Balaban J connectivity index is 2.18. The van der Waals surface area contributed by atoms with Gasteiger partial charge in [-0.25, -0.2) is 0 Å². The van der Waals surface area contributed by atoms with Crippen LogP contribution in [0.1, 0.15) is 0 Å². The first-order chi connectivity index (χ1) is 5.86. The topological polar surface area (TPSA) is 18.5 Å². The number of hydrogen-bond donors (Lipinski definition) is 1. The summed E-state index contributed by atoms with van der Waals surface area (Å²) in [7, 11) is 1.96. The van der Waals surface area contributed by atoms with Gasteiger partial charge in [0.25, 0.3) is 0 Å². The summed E-state index contributed by atoms with van der Waals surface area (Å²) in [6, 6.07) is 10.1. The number of nitrogens with one attached hydrogen (secondary N) is 1. The van der Waals surface area contributed by atoms with Gasteiger partial charge in [0, 0.05) is 19.4 Å². The van der Waals surface area contributed by atoms with Gasteiger partial charge in [-0.2, -0.15) is 0 Å². The van der Waals surface area contributed by atoms with Crippen LogP contribution in [0.25, 0.3) is 0 Å². The van der Waals surface area contributed by atoms with E-state index in [1.807, 2.05) is 47.7 Å². The van der Waals surface area contributed by atoms with Gasteiger partial charge in [-0.05, 0) is 12.1 Å². The van der Waals surface area contributed by atoms with E-state index in [0.717, 1.165) is 5.69 Å². The third-order valence-electron chi connectivity index (χ3n) is 1.74. The molecule has 12 heavy (non-hydrogen) atoms. The van der Waals surface area contributed by atoms with E-state index in [1.54, 1.807) is 0 Å². The molecule has 1 N–H and O–H groups in total. The summed E-state index contributed by atoms with van der Waals surface area (Å²) in [6.45, 7) is 0. The molecule has 0 saturated carbocycles. The Hall–Kier alpha value is -1.48. The predicted octanol–water partition coefficient (Wildman–Crippen LogP) is 1.33. The molecule has 0 unspecified atom stereocenters. The number of para-hydroxylation sites is 1. The summed E-state index contributed by atoms with van der Waals surface area (Å²) in [5.74, 6) is 0. The average molecular weight is 161 g/mol. The van der Waals surface area contributed by atoms with Crippen molar-refractivity contribution in [2.45, 2.75) is 0 Å². The molecule has 0 saturated heterocycles. The highest BCUT2D eigenvalue weighted by Gasteiger charge is 2.07. The van der Waals surface area contributed by atoms with Crippen LogP contribution in [0.2, 0.25) is 0 Å². The molecule has 0 fully saturated rings. The first kappa shape index (κ1) is 7.18. The Morgan fingerprint density at radius 2 is 1.83 bits per heavy atom. The van der Waals surface area contributed by atoms with Crippen molar-refractivity contribution in [1.29, 1.82) is 0 Å². The summed E-state index contributed by atoms with van der Waals surface area (Å²) < 4.78 is 0. The fourth-order valence-electron chi connectivity index (χ4n) is 1.14. The normalized spacial score (nSPS) is 15.8. The lowest BCUT2D eigenvalue weighted by atomic mass is 10.3. The van der Waals surface area contributed by atoms with Crippen molar-refractivity contribution in [2.24, 2.45) is 0 Å². The van der Waals surface area contributed by atoms with E-state index in [4.69, 9.17) is 0 Å². The molecule has 62 valence electrons. The minimum absolute atomic E-state index is 1.14. The van der Waals surface area contributed by atoms with Crippen molar-refractivity contribution >= 4 is 5.69 Å². The van der Waals surface area contributed by atoms with E-state index in [-0.39, 0.29) is 0 Å². The lowest BCUT2D eigenvalue weighted by molar-refractivity contribution is 0.359. The molecule has 3 heteroatoms. The van der Waals surface area contributed by atoms with Crippen LogP contribution in [-0.4, -0.2) is 12.1 Å². The smallest absolute Gasteiger partial charge is 0.0589 e. The Morgan fingerprint density at radius 1 is 1.08 bits per heavy atom. The number of hydrazine groups is 2. The fourth-order valence-corrected chi connectivity index (χ4v) is 1.14. The van der Waals surface area contributed by atoms with Gasteiger partial charge in [-0.1, -0.05) is 18.2 Å². The number of hydrogen-bond acceptors (Lipinski definition) is 3. The maximum Gasteiger partial charge on any atom is 0.0589 e. The lowest BCUT2D eigenvalue weighted by Crippen LogP contribution is -2.36. The maximum absolute atomic E-state index is 3.13. The van der Waals surface area contributed by atoms with Crippen LogP contribution in [-0.2, 0) is 0 Å². The van der Waals surface area contributed by atoms with Crippen LogP contribution in [0.4, 0.5) is 5.69 Å². The van der Waals surface area contributed by atoms with Gasteiger partial charge >= 0.3 is 0 Å². The molecule has 1 aromatic rings. The molecule has 0 bridgehead atoms. The van der Waals surface area contributed by atoms with Gasteiger partial charge in [-0.3, -0.25) is 10.0 Å². The second-order valence-electron chi connectivity index (χ2n) is 2.71. The van der Waals surface area contributed by atoms with E-state index < -0.39 is 0 Å². The van der Waals surface area contributed by atoms with Crippen LogP contribution in [0, 0.1) is 0 Å². The highest BCUT2D eigenvalue weighted by atomic mass is 15.8. The zero-order valence-corrected chi connectivity index (χ0v) is 6.94. The van der Waals surface area contributed by atoms with Crippen molar-refractivity contribution in [3.8, 4) is 0 Å². The summed E-state index contributed by atoms with van der Waals surface area (Å²) in [5, 5.41) is 3.85. The van der Waals surface area contributed by atoms with E-state index in [1.165, 1.54) is 0 Å². The van der Waals surface area contributed by atoms with Crippen molar-refractivity contribution < 1.29 is 0 Å². The van der Waals surface area contributed by atoms with Crippen LogP contribution >= 0.6 is 0 Å². The number of nitrogens with zero attached hydrogens (tertiary/aromatic N) is 2. The third-order valence-corrected chi connectivity index (χ3v) is 1.74. The number of benzene rings is 1. The summed E-state index contributed by atoms with van der Waals surface area (Å²) in [6.07, 6.45) is 3.95. The number of anilines is 1. The SMILES string of the molecule is CN1C=CN(c2ccccc2)N1. The molecule has 3 nitrogen and oxygen atoms in total. The Bertz CT molecular complexity index is 281. The molecule has 0 aromatic heterocycles. The van der Waals surface area contributed by atoms with Gasteiger partial charge in [0.15, 0.2) is 0 Å². The molecule has 0 atom stereocenters. The van der Waals surface area contributed by atoms with E-state index in [2.05, 4.69) is 17.7 Å². The number of rotatable bonds is 1. The van der Waals surface area contributed by atoms with Gasteiger partial charge in [0.1, 0.15) is 0 Å². The second-order valence-corrected chi connectivity index (χ2v) is 2.71. The predicted molar refractivity (Wildman–Crippen MR) is 49.0 cm³/mol. The molecule has 0 amide bonds. The Kier molecular flexibility index (Phi) is 1.72. The standard InChI is InChI=1S/C9H11N3/c1-11-7-8-12(10-11)9-5-3-2-4-6-9/h2-8,10H,1H3. The van der Waals surface area contributed by atoms with Gasteiger partial charge < -0.3 is 0 Å². The zero-order valence-electron chi connectivity index (χ0n) is 6.94. The minimum Gasteiger partial charge on any atom is -0.299 e. The van der Waals surface area contributed by atoms with Crippen LogP contribution in [0.15, 0.2) is 42.7 Å². The fraction of sp³-hybridized carbons (Fsp3) is 0.111. The van der Waals surface area contributed by atoms with Crippen LogP contribution in [0.3, 0.4) is 0 Å². The van der Waals surface area contributed by atoms with Gasteiger partial charge in [0.05, 0.1) is 5.69 Å².